The van der Waals surface area contributed by atoms with Crippen LogP contribution in [0.4, 0.5) is 0 Å². The smallest absolute Gasteiger partial charge is 0.326 e. The zero-order valence-electron chi connectivity index (χ0n) is 20.5. The number of hydrogen-bond acceptors (Lipinski definition) is 9. The SMILES string of the molecule is NCCCCC(NC(=O)C(Cc1ccc(O)cc1)NC(=O)C(N)CC(=O)O)C(=O)NC(CC(=O)O)C(=O)O. The van der Waals surface area contributed by atoms with Gasteiger partial charge in [-0.15, -0.1) is 0 Å². The number of hydrogen-bond donors (Lipinski definition) is 9. The van der Waals surface area contributed by atoms with Crippen molar-refractivity contribution in [3.05, 3.63) is 29.8 Å². The summed E-state index contributed by atoms with van der Waals surface area (Å²) in [5.41, 5.74) is 11.6. The molecule has 0 aromatic heterocycles. The van der Waals surface area contributed by atoms with Crippen molar-refractivity contribution in [1.82, 2.24) is 16.0 Å². The van der Waals surface area contributed by atoms with Crippen LogP contribution in [-0.4, -0.2) is 86.8 Å². The van der Waals surface area contributed by atoms with Crippen molar-refractivity contribution in [2.45, 2.75) is 62.7 Å². The lowest BCUT2D eigenvalue weighted by Crippen LogP contribution is -2.57. The number of carboxylic acid groups (broad SMARTS) is 3. The number of rotatable bonds is 17. The molecule has 0 aliphatic carbocycles. The number of phenolic OH excluding ortho intramolecular Hbond substituents is 1. The number of amides is 3. The minimum atomic E-state index is -1.75. The van der Waals surface area contributed by atoms with E-state index in [4.69, 9.17) is 21.7 Å². The molecule has 210 valence electrons. The van der Waals surface area contributed by atoms with Crippen LogP contribution >= 0.6 is 0 Å². The molecule has 0 saturated carbocycles. The van der Waals surface area contributed by atoms with E-state index in [9.17, 15) is 39.0 Å². The Bertz CT molecular complexity index is 1000. The molecular weight excluding hydrogens is 506 g/mol. The summed E-state index contributed by atoms with van der Waals surface area (Å²) in [7, 11) is 0. The van der Waals surface area contributed by atoms with Crippen LogP contribution in [0.25, 0.3) is 0 Å². The minimum absolute atomic E-state index is 0.0204. The van der Waals surface area contributed by atoms with Crippen molar-refractivity contribution in [3.63, 3.8) is 0 Å². The molecule has 4 unspecified atom stereocenters. The molecule has 15 heteroatoms. The molecule has 1 aromatic carbocycles. The highest BCUT2D eigenvalue weighted by Gasteiger charge is 2.31. The number of carboxylic acids is 3. The maximum atomic E-state index is 13.2. The molecule has 38 heavy (non-hydrogen) atoms. The standard InChI is InChI=1S/C23H33N5O10/c24-8-2-1-3-15(21(35)28-17(23(37)38)11-19(32)33)26-22(36)16(9-12-4-6-13(29)7-5-12)27-20(34)14(25)10-18(30)31/h4-7,14-17,29H,1-3,8-11,24-25H2,(H,26,36)(H,27,34)(H,28,35)(H,30,31)(H,32,33)(H,37,38). The van der Waals surface area contributed by atoms with Crippen molar-refractivity contribution in [1.29, 1.82) is 0 Å². The number of phenols is 1. The van der Waals surface area contributed by atoms with E-state index in [2.05, 4.69) is 16.0 Å². The van der Waals surface area contributed by atoms with E-state index in [0.717, 1.165) is 0 Å². The molecule has 0 aliphatic rings. The Balaban J connectivity index is 3.15. The molecule has 0 aliphatic heterocycles. The second kappa shape index (κ2) is 15.8. The van der Waals surface area contributed by atoms with Gasteiger partial charge in [0.05, 0.1) is 18.9 Å². The number of carbonyl (C=O) groups is 6. The Morgan fingerprint density at radius 1 is 0.737 bits per heavy atom. The summed E-state index contributed by atoms with van der Waals surface area (Å²) in [6.45, 7) is 0.278. The van der Waals surface area contributed by atoms with Crippen molar-refractivity contribution >= 4 is 35.6 Å². The molecule has 15 nitrogen and oxygen atoms in total. The topological polar surface area (TPSA) is 271 Å². The van der Waals surface area contributed by atoms with Crippen LogP contribution in [0.1, 0.15) is 37.7 Å². The summed E-state index contributed by atoms with van der Waals surface area (Å²) in [5, 5.41) is 43.4. The summed E-state index contributed by atoms with van der Waals surface area (Å²) in [6.07, 6.45) is -0.897. The van der Waals surface area contributed by atoms with Crippen molar-refractivity contribution in [2.75, 3.05) is 6.54 Å². The predicted molar refractivity (Wildman–Crippen MR) is 131 cm³/mol. The molecule has 0 fully saturated rings. The van der Waals surface area contributed by atoms with Crippen LogP contribution in [0.5, 0.6) is 5.75 Å². The Morgan fingerprint density at radius 2 is 1.26 bits per heavy atom. The predicted octanol–water partition coefficient (Wildman–Crippen LogP) is -2.12. The minimum Gasteiger partial charge on any atom is -0.508 e. The van der Waals surface area contributed by atoms with Gasteiger partial charge in [-0.25, -0.2) is 4.79 Å². The normalized spacial score (nSPS) is 13.8. The molecule has 0 saturated heterocycles. The lowest BCUT2D eigenvalue weighted by molar-refractivity contribution is -0.147. The summed E-state index contributed by atoms with van der Waals surface area (Å²) in [4.78, 5) is 71.7. The van der Waals surface area contributed by atoms with Gasteiger partial charge in [0.15, 0.2) is 0 Å². The van der Waals surface area contributed by atoms with Crippen LogP contribution in [-0.2, 0) is 35.2 Å². The fraction of sp³-hybridized carbons (Fsp3) is 0.478. The zero-order chi connectivity index (χ0) is 28.8. The summed E-state index contributed by atoms with van der Waals surface area (Å²) >= 11 is 0. The van der Waals surface area contributed by atoms with E-state index in [0.29, 0.717) is 18.4 Å². The molecule has 1 rings (SSSR count). The fourth-order valence-electron chi connectivity index (χ4n) is 3.32. The molecule has 3 amide bonds. The maximum absolute atomic E-state index is 13.2. The van der Waals surface area contributed by atoms with Gasteiger partial charge in [0.25, 0.3) is 0 Å². The third kappa shape index (κ3) is 11.7. The number of aromatic hydroxyl groups is 1. The molecule has 0 radical (unpaired) electrons. The Hall–Kier alpha value is -4.24. The van der Waals surface area contributed by atoms with E-state index < -0.39 is 72.6 Å². The van der Waals surface area contributed by atoms with E-state index >= 15 is 0 Å². The third-order valence-electron chi connectivity index (χ3n) is 5.31. The number of nitrogens with one attached hydrogen (secondary N) is 3. The monoisotopic (exact) mass is 539 g/mol. The van der Waals surface area contributed by atoms with Crippen LogP contribution in [0, 0.1) is 0 Å². The fourth-order valence-corrected chi connectivity index (χ4v) is 3.32. The number of unbranched alkanes of at least 4 members (excludes halogenated alkanes) is 1. The average Bonchev–Trinajstić information content (AvgIpc) is 2.82. The first kappa shape index (κ1) is 31.8. The van der Waals surface area contributed by atoms with Gasteiger partial charge in [0, 0.05) is 6.42 Å². The quantitative estimate of drug-likeness (QED) is 0.0961. The largest absolute Gasteiger partial charge is 0.508 e. The van der Waals surface area contributed by atoms with Crippen LogP contribution in [0.3, 0.4) is 0 Å². The number of carbonyl (C=O) groups excluding carboxylic acids is 3. The molecule has 1 aromatic rings. The van der Waals surface area contributed by atoms with E-state index in [1.807, 2.05) is 0 Å². The Labute approximate surface area is 217 Å². The molecule has 0 heterocycles. The highest BCUT2D eigenvalue weighted by molar-refractivity contribution is 5.95. The lowest BCUT2D eigenvalue weighted by atomic mass is 10.0. The van der Waals surface area contributed by atoms with Gasteiger partial charge in [0.1, 0.15) is 23.9 Å². The first-order chi connectivity index (χ1) is 17.8. The Kier molecular flexibility index (Phi) is 13.2. The summed E-state index contributed by atoms with van der Waals surface area (Å²) < 4.78 is 0. The second-order valence-corrected chi connectivity index (χ2v) is 8.48. The summed E-state index contributed by atoms with van der Waals surface area (Å²) in [6, 6.07) is -0.224. The highest BCUT2D eigenvalue weighted by Crippen LogP contribution is 2.12. The van der Waals surface area contributed by atoms with Crippen molar-refractivity contribution in [3.8, 4) is 5.75 Å². The van der Waals surface area contributed by atoms with Gasteiger partial charge in [-0.05, 0) is 43.5 Å². The Morgan fingerprint density at radius 3 is 1.79 bits per heavy atom. The van der Waals surface area contributed by atoms with Crippen molar-refractivity contribution in [2.24, 2.45) is 11.5 Å². The van der Waals surface area contributed by atoms with E-state index in [1.54, 1.807) is 0 Å². The molecule has 0 bridgehead atoms. The van der Waals surface area contributed by atoms with Gasteiger partial charge in [0.2, 0.25) is 17.7 Å². The molecular formula is C23H33N5O10. The lowest BCUT2D eigenvalue weighted by Gasteiger charge is -2.25. The van der Waals surface area contributed by atoms with Crippen molar-refractivity contribution < 1.29 is 49.2 Å². The number of aliphatic carboxylic acids is 3. The van der Waals surface area contributed by atoms with E-state index in [-0.39, 0.29) is 25.1 Å². The second-order valence-electron chi connectivity index (χ2n) is 8.48. The number of benzene rings is 1. The van der Waals surface area contributed by atoms with E-state index in [1.165, 1.54) is 24.3 Å². The molecule has 0 spiro atoms. The van der Waals surface area contributed by atoms with Gasteiger partial charge in [-0.3, -0.25) is 24.0 Å². The maximum Gasteiger partial charge on any atom is 0.326 e. The first-order valence-electron chi connectivity index (χ1n) is 11.6. The van der Waals surface area contributed by atoms with Crippen LogP contribution in [0.2, 0.25) is 0 Å². The van der Waals surface area contributed by atoms with Gasteiger partial charge >= 0.3 is 17.9 Å². The molecule has 4 atom stereocenters. The first-order valence-corrected chi connectivity index (χ1v) is 11.6. The van der Waals surface area contributed by atoms with Crippen LogP contribution in [0.15, 0.2) is 24.3 Å². The number of nitrogens with two attached hydrogens (primary N) is 2. The zero-order valence-corrected chi connectivity index (χ0v) is 20.5. The third-order valence-corrected chi connectivity index (χ3v) is 5.31. The summed E-state index contributed by atoms with van der Waals surface area (Å²) in [5.74, 6) is -7.20. The molecule has 11 N–H and O–H groups in total. The van der Waals surface area contributed by atoms with Gasteiger partial charge < -0.3 is 47.8 Å². The van der Waals surface area contributed by atoms with Gasteiger partial charge in [-0.2, -0.15) is 0 Å². The van der Waals surface area contributed by atoms with Gasteiger partial charge in [-0.1, -0.05) is 12.1 Å². The van der Waals surface area contributed by atoms with Crippen LogP contribution < -0.4 is 27.4 Å². The highest BCUT2D eigenvalue weighted by atomic mass is 16.4. The average molecular weight is 540 g/mol.